The summed E-state index contributed by atoms with van der Waals surface area (Å²) in [6.07, 6.45) is 9.95. The SMILES string of the molecule is C/C=C\C=C(\CC)CCC(C)NCCN. The van der Waals surface area contributed by atoms with Crippen molar-refractivity contribution in [2.75, 3.05) is 13.1 Å². The number of nitrogens with two attached hydrogens (primary N) is 1. The summed E-state index contributed by atoms with van der Waals surface area (Å²) in [4.78, 5) is 0. The highest BCUT2D eigenvalue weighted by Crippen LogP contribution is 2.11. The number of hydrogen-bond acceptors (Lipinski definition) is 2. The van der Waals surface area contributed by atoms with Gasteiger partial charge < -0.3 is 11.1 Å². The van der Waals surface area contributed by atoms with Crippen molar-refractivity contribution >= 4 is 0 Å². The molecule has 0 fully saturated rings. The standard InChI is InChI=1S/C13H26N2/c1-4-6-7-13(5-2)9-8-12(3)15-11-10-14/h4,6-7,12,15H,5,8-11,14H2,1-3H3/b6-4-,13-7-. The molecule has 15 heavy (non-hydrogen) atoms. The molecule has 0 radical (unpaired) electrons. The Bertz CT molecular complexity index is 195. The van der Waals surface area contributed by atoms with E-state index in [0.717, 1.165) is 19.5 Å². The van der Waals surface area contributed by atoms with Crippen molar-refractivity contribution < 1.29 is 0 Å². The average molecular weight is 210 g/mol. The lowest BCUT2D eigenvalue weighted by molar-refractivity contribution is 0.518. The predicted molar refractivity (Wildman–Crippen MR) is 68.9 cm³/mol. The lowest BCUT2D eigenvalue weighted by Crippen LogP contribution is -2.30. The van der Waals surface area contributed by atoms with Crippen molar-refractivity contribution in [2.24, 2.45) is 5.73 Å². The van der Waals surface area contributed by atoms with Gasteiger partial charge in [-0.3, -0.25) is 0 Å². The van der Waals surface area contributed by atoms with Gasteiger partial charge in [-0.25, -0.2) is 0 Å². The molecule has 0 aliphatic rings. The summed E-state index contributed by atoms with van der Waals surface area (Å²) in [7, 11) is 0. The van der Waals surface area contributed by atoms with E-state index in [2.05, 4.69) is 44.3 Å². The van der Waals surface area contributed by atoms with Gasteiger partial charge >= 0.3 is 0 Å². The van der Waals surface area contributed by atoms with Crippen LogP contribution in [0, 0.1) is 0 Å². The fourth-order valence-corrected chi connectivity index (χ4v) is 1.44. The largest absolute Gasteiger partial charge is 0.329 e. The Balaban J connectivity index is 3.79. The van der Waals surface area contributed by atoms with Crippen LogP contribution in [0.5, 0.6) is 0 Å². The predicted octanol–water partition coefficient (Wildman–Crippen LogP) is 2.62. The van der Waals surface area contributed by atoms with E-state index in [1.54, 1.807) is 0 Å². The molecule has 2 nitrogen and oxygen atoms in total. The van der Waals surface area contributed by atoms with Crippen molar-refractivity contribution in [3.05, 3.63) is 23.8 Å². The first kappa shape index (κ1) is 14.4. The smallest absolute Gasteiger partial charge is 0.00769 e. The van der Waals surface area contributed by atoms with E-state index < -0.39 is 0 Å². The lowest BCUT2D eigenvalue weighted by Gasteiger charge is -2.13. The summed E-state index contributed by atoms with van der Waals surface area (Å²) in [5, 5.41) is 3.40. The van der Waals surface area contributed by atoms with Crippen molar-refractivity contribution in [1.29, 1.82) is 0 Å². The Morgan fingerprint density at radius 1 is 1.47 bits per heavy atom. The molecular weight excluding hydrogens is 184 g/mol. The topological polar surface area (TPSA) is 38.0 Å². The highest BCUT2D eigenvalue weighted by molar-refractivity contribution is 5.11. The van der Waals surface area contributed by atoms with E-state index >= 15 is 0 Å². The maximum atomic E-state index is 5.44. The van der Waals surface area contributed by atoms with Crippen LogP contribution in [0.2, 0.25) is 0 Å². The van der Waals surface area contributed by atoms with Crippen LogP contribution >= 0.6 is 0 Å². The zero-order chi connectivity index (χ0) is 11.5. The Morgan fingerprint density at radius 2 is 2.20 bits per heavy atom. The zero-order valence-electron chi connectivity index (χ0n) is 10.4. The van der Waals surface area contributed by atoms with Gasteiger partial charge in [0, 0.05) is 19.1 Å². The van der Waals surface area contributed by atoms with Crippen LogP contribution in [0.25, 0.3) is 0 Å². The van der Waals surface area contributed by atoms with Gasteiger partial charge in [-0.2, -0.15) is 0 Å². The maximum absolute atomic E-state index is 5.44. The second-order valence-electron chi connectivity index (χ2n) is 3.89. The van der Waals surface area contributed by atoms with E-state index in [1.807, 2.05) is 0 Å². The van der Waals surface area contributed by atoms with Crippen LogP contribution < -0.4 is 11.1 Å². The molecule has 0 saturated carbocycles. The normalized spacial score (nSPS) is 14.8. The Labute approximate surface area is 94.6 Å². The zero-order valence-corrected chi connectivity index (χ0v) is 10.4. The van der Waals surface area contributed by atoms with Gasteiger partial charge in [-0.1, -0.05) is 30.7 Å². The molecular formula is C13H26N2. The van der Waals surface area contributed by atoms with Gasteiger partial charge in [0.05, 0.1) is 0 Å². The lowest BCUT2D eigenvalue weighted by atomic mass is 10.0. The van der Waals surface area contributed by atoms with Gasteiger partial charge in [0.2, 0.25) is 0 Å². The fourth-order valence-electron chi connectivity index (χ4n) is 1.44. The summed E-state index contributed by atoms with van der Waals surface area (Å²) < 4.78 is 0. The summed E-state index contributed by atoms with van der Waals surface area (Å²) in [5.74, 6) is 0. The second-order valence-corrected chi connectivity index (χ2v) is 3.89. The van der Waals surface area contributed by atoms with Crippen LogP contribution in [0.1, 0.15) is 40.0 Å². The molecule has 1 unspecified atom stereocenters. The summed E-state index contributed by atoms with van der Waals surface area (Å²) >= 11 is 0. The third-order valence-electron chi connectivity index (χ3n) is 2.51. The summed E-state index contributed by atoms with van der Waals surface area (Å²) in [5.41, 5.74) is 6.96. The molecule has 1 atom stereocenters. The van der Waals surface area contributed by atoms with Crippen molar-refractivity contribution in [3.63, 3.8) is 0 Å². The number of nitrogens with one attached hydrogen (secondary N) is 1. The van der Waals surface area contributed by atoms with Crippen molar-refractivity contribution in [1.82, 2.24) is 5.32 Å². The Morgan fingerprint density at radius 3 is 2.73 bits per heavy atom. The number of allylic oxidation sites excluding steroid dienone is 4. The van der Waals surface area contributed by atoms with Gasteiger partial charge in [0.1, 0.15) is 0 Å². The number of hydrogen-bond donors (Lipinski definition) is 2. The van der Waals surface area contributed by atoms with Crippen LogP contribution in [0.4, 0.5) is 0 Å². The first-order valence-corrected chi connectivity index (χ1v) is 5.98. The van der Waals surface area contributed by atoms with Crippen LogP contribution in [0.15, 0.2) is 23.8 Å². The minimum absolute atomic E-state index is 0.564. The van der Waals surface area contributed by atoms with Gasteiger partial charge in [0.25, 0.3) is 0 Å². The van der Waals surface area contributed by atoms with E-state index in [1.165, 1.54) is 18.4 Å². The third-order valence-corrected chi connectivity index (χ3v) is 2.51. The molecule has 0 aromatic rings. The molecule has 88 valence electrons. The number of rotatable bonds is 8. The monoisotopic (exact) mass is 210 g/mol. The molecule has 0 aliphatic heterocycles. The summed E-state index contributed by atoms with van der Waals surface area (Å²) in [6.45, 7) is 8.13. The fraction of sp³-hybridized carbons (Fsp3) is 0.692. The van der Waals surface area contributed by atoms with Gasteiger partial charge in [0.15, 0.2) is 0 Å². The Hall–Kier alpha value is -0.600. The third kappa shape index (κ3) is 8.40. The molecule has 0 aromatic carbocycles. The van der Waals surface area contributed by atoms with Crippen molar-refractivity contribution in [3.8, 4) is 0 Å². The summed E-state index contributed by atoms with van der Waals surface area (Å²) in [6, 6.07) is 0.564. The first-order chi connectivity index (χ1) is 7.24. The molecule has 0 aliphatic carbocycles. The molecule has 0 aromatic heterocycles. The highest BCUT2D eigenvalue weighted by atomic mass is 14.9. The molecule has 0 saturated heterocycles. The highest BCUT2D eigenvalue weighted by Gasteiger charge is 2.01. The van der Waals surface area contributed by atoms with Gasteiger partial charge in [-0.05, 0) is 33.1 Å². The molecule has 0 spiro atoms. The average Bonchev–Trinajstić information content (AvgIpc) is 2.26. The van der Waals surface area contributed by atoms with E-state index in [0.29, 0.717) is 6.04 Å². The van der Waals surface area contributed by atoms with E-state index in [4.69, 9.17) is 5.73 Å². The first-order valence-electron chi connectivity index (χ1n) is 5.98. The van der Waals surface area contributed by atoms with Gasteiger partial charge in [-0.15, -0.1) is 0 Å². The quantitative estimate of drug-likeness (QED) is 0.604. The Kier molecular flexibility index (Phi) is 9.54. The maximum Gasteiger partial charge on any atom is 0.00769 e. The molecule has 3 N–H and O–H groups in total. The second kappa shape index (κ2) is 9.94. The van der Waals surface area contributed by atoms with Crippen molar-refractivity contribution in [2.45, 2.75) is 46.1 Å². The molecule has 0 rings (SSSR count). The molecule has 0 heterocycles. The van der Waals surface area contributed by atoms with E-state index in [9.17, 15) is 0 Å². The minimum Gasteiger partial charge on any atom is -0.329 e. The molecule has 0 amide bonds. The van der Waals surface area contributed by atoms with Crippen LogP contribution in [0.3, 0.4) is 0 Å². The van der Waals surface area contributed by atoms with Crippen LogP contribution in [-0.4, -0.2) is 19.1 Å². The molecule has 0 bridgehead atoms. The van der Waals surface area contributed by atoms with Crippen LogP contribution in [-0.2, 0) is 0 Å². The molecule has 2 heteroatoms. The van der Waals surface area contributed by atoms with E-state index in [-0.39, 0.29) is 0 Å². The minimum atomic E-state index is 0.564.